The van der Waals surface area contributed by atoms with Gasteiger partial charge in [0.25, 0.3) is 0 Å². The molecule has 0 bridgehead atoms. The van der Waals surface area contributed by atoms with Gasteiger partial charge in [-0.2, -0.15) is 5.10 Å². The van der Waals surface area contributed by atoms with Crippen LogP contribution in [0.25, 0.3) is 33.6 Å². The summed E-state index contributed by atoms with van der Waals surface area (Å²) in [4.78, 5) is 5.89. The average molecular weight is 650 g/mol. The smallest absolute Gasteiger partial charge is 0.192 e. The van der Waals surface area contributed by atoms with Crippen LogP contribution in [0.4, 0.5) is 4.39 Å². The van der Waals surface area contributed by atoms with E-state index >= 15 is 4.39 Å². The van der Waals surface area contributed by atoms with Crippen molar-refractivity contribution in [1.82, 2.24) is 14.8 Å². The Morgan fingerprint density at radius 1 is 0.886 bits per heavy atom. The predicted octanol–water partition coefficient (Wildman–Crippen LogP) is 10.2. The zero-order valence-electron chi connectivity index (χ0n) is 27.8. The van der Waals surface area contributed by atoms with Gasteiger partial charge in [-0.25, -0.2) is 9.07 Å². The number of aryl methyl sites for hydroxylation is 1. The highest BCUT2D eigenvalue weighted by Crippen LogP contribution is 2.37. The number of aromatic nitrogens is 3. The minimum Gasteiger partial charge on any atom is -0.416 e. The fourth-order valence-corrected chi connectivity index (χ4v) is 7.10. The van der Waals surface area contributed by atoms with Gasteiger partial charge in [0.05, 0.1) is 5.69 Å². The van der Waals surface area contributed by atoms with Gasteiger partial charge in [0, 0.05) is 55.0 Å². The van der Waals surface area contributed by atoms with Crippen molar-refractivity contribution in [2.45, 2.75) is 83.1 Å². The van der Waals surface area contributed by atoms with Crippen molar-refractivity contribution in [2.75, 3.05) is 19.0 Å². The molecular weight excluding hydrogens is 602 g/mol. The van der Waals surface area contributed by atoms with E-state index in [2.05, 4.69) is 65.6 Å². The number of ether oxygens (including phenoxy) is 1. The highest BCUT2D eigenvalue weighted by atomic mass is 32.2. The molecule has 0 aliphatic carbocycles. The lowest BCUT2D eigenvalue weighted by molar-refractivity contribution is 0.0787. The third kappa shape index (κ3) is 9.23. The molecule has 0 saturated carbocycles. The molecule has 0 atom stereocenters. The second-order valence-electron chi connectivity index (χ2n) is 14.1. The molecule has 4 aromatic rings. The monoisotopic (exact) mass is 649 g/mol. The van der Waals surface area contributed by atoms with E-state index in [9.17, 15) is 0 Å². The Morgan fingerprint density at radius 2 is 1.59 bits per heavy atom. The molecule has 0 aliphatic heterocycles. The zero-order chi connectivity index (χ0) is 32.1. The summed E-state index contributed by atoms with van der Waals surface area (Å²) in [6, 6.07) is 20.4. The first kappa shape index (κ1) is 34.3. The molecule has 0 saturated heterocycles. The van der Waals surface area contributed by atoms with E-state index < -0.39 is 16.4 Å². The number of thioether (sulfide) groups is 1. The first-order chi connectivity index (χ1) is 20.6. The Morgan fingerprint density at radius 3 is 2.25 bits per heavy atom. The van der Waals surface area contributed by atoms with E-state index in [1.165, 1.54) is 0 Å². The Hall–Kier alpha value is -2.57. The van der Waals surface area contributed by atoms with Gasteiger partial charge in [-0.3, -0.25) is 4.98 Å². The summed E-state index contributed by atoms with van der Waals surface area (Å²) in [5.74, 6) is 0.631. The Bertz CT molecular complexity index is 1540. The van der Waals surface area contributed by atoms with Gasteiger partial charge in [0.15, 0.2) is 8.32 Å². The lowest BCUT2D eigenvalue weighted by Gasteiger charge is -2.36. The van der Waals surface area contributed by atoms with Crippen LogP contribution in [-0.2, 0) is 15.9 Å². The first-order valence-electron chi connectivity index (χ1n) is 15.4. The van der Waals surface area contributed by atoms with E-state index in [1.54, 1.807) is 17.8 Å². The summed E-state index contributed by atoms with van der Waals surface area (Å²) < 4.78 is 29.4. The Kier molecular flexibility index (Phi) is 11.1. The van der Waals surface area contributed by atoms with Crippen LogP contribution in [0, 0.1) is 12.7 Å². The second-order valence-corrected chi connectivity index (χ2v) is 25.7. The maximum Gasteiger partial charge on any atom is 0.192 e. The maximum absolute atomic E-state index is 15.2. The molecule has 2 aromatic carbocycles. The van der Waals surface area contributed by atoms with Crippen LogP contribution in [0.15, 0.2) is 71.8 Å². The lowest BCUT2D eigenvalue weighted by atomic mass is 9.98. The van der Waals surface area contributed by atoms with Crippen molar-refractivity contribution >= 4 is 28.2 Å². The summed E-state index contributed by atoms with van der Waals surface area (Å²) >= 11 is 1.77. The van der Waals surface area contributed by atoms with Crippen LogP contribution < -0.4 is 0 Å². The molecule has 9 heteroatoms. The molecular formula is C35H48FN3O2SSi2. The van der Waals surface area contributed by atoms with Crippen LogP contribution in [-0.4, -0.2) is 50.1 Å². The summed E-state index contributed by atoms with van der Waals surface area (Å²) in [7, 11) is -2.94. The lowest BCUT2D eigenvalue weighted by Crippen LogP contribution is -2.41. The number of hydrogen-bond acceptors (Lipinski definition) is 5. The van der Waals surface area contributed by atoms with E-state index in [0.29, 0.717) is 18.9 Å². The van der Waals surface area contributed by atoms with Gasteiger partial charge in [-0.1, -0.05) is 64.7 Å². The fourth-order valence-electron chi connectivity index (χ4n) is 4.42. The van der Waals surface area contributed by atoms with Crippen LogP contribution >= 0.6 is 11.8 Å². The third-order valence-corrected chi connectivity index (χ3v) is 15.4. The van der Waals surface area contributed by atoms with Crippen LogP contribution in [0.2, 0.25) is 43.8 Å². The van der Waals surface area contributed by atoms with Gasteiger partial charge in [0.1, 0.15) is 18.2 Å². The normalized spacial score (nSPS) is 12.6. The topological polar surface area (TPSA) is 49.2 Å². The summed E-state index contributed by atoms with van der Waals surface area (Å²) in [6.45, 7) is 22.1. The minimum atomic E-state index is -1.75. The molecule has 4 rings (SSSR count). The van der Waals surface area contributed by atoms with Crippen LogP contribution in [0.3, 0.4) is 0 Å². The molecule has 0 amide bonds. The zero-order valence-corrected chi connectivity index (χ0v) is 30.6. The van der Waals surface area contributed by atoms with Gasteiger partial charge >= 0.3 is 0 Å². The molecule has 0 unspecified atom stereocenters. The van der Waals surface area contributed by atoms with Crippen molar-refractivity contribution < 1.29 is 13.6 Å². The molecule has 44 heavy (non-hydrogen) atoms. The van der Waals surface area contributed by atoms with E-state index in [-0.39, 0.29) is 10.9 Å². The van der Waals surface area contributed by atoms with E-state index in [0.717, 1.165) is 57.1 Å². The van der Waals surface area contributed by atoms with Crippen molar-refractivity contribution in [2.24, 2.45) is 0 Å². The molecule has 0 fully saturated rings. The highest BCUT2D eigenvalue weighted by Gasteiger charge is 2.36. The third-order valence-electron chi connectivity index (χ3n) is 8.18. The van der Waals surface area contributed by atoms with Gasteiger partial charge < -0.3 is 9.16 Å². The molecule has 2 aromatic heterocycles. The quantitative estimate of drug-likeness (QED) is 0.0820. The predicted molar refractivity (Wildman–Crippen MR) is 189 cm³/mol. The second kappa shape index (κ2) is 14.2. The Labute approximate surface area is 269 Å². The largest absolute Gasteiger partial charge is 0.416 e. The molecule has 5 nitrogen and oxygen atoms in total. The number of hydrogen-bond donors (Lipinski definition) is 0. The fraction of sp³-hybridized carbons (Fsp3) is 0.429. The summed E-state index contributed by atoms with van der Waals surface area (Å²) in [5.41, 5.74) is 5.63. The van der Waals surface area contributed by atoms with Gasteiger partial charge in [0.2, 0.25) is 0 Å². The number of rotatable bonds is 13. The molecule has 2 heterocycles. The number of pyridine rings is 1. The van der Waals surface area contributed by atoms with E-state index in [1.807, 2.05) is 60.3 Å². The van der Waals surface area contributed by atoms with Crippen molar-refractivity contribution in [3.8, 4) is 33.6 Å². The van der Waals surface area contributed by atoms with Crippen LogP contribution in [0.1, 0.15) is 26.5 Å². The minimum absolute atomic E-state index is 0.203. The SMILES string of the molecule is Cc1cccc(-c2nn(COCC[Si](C)(C)C)cc2-c2ccc(F)c(-c3ccc(SCCO[Si](C)(C)C(C)(C)C)cc3)c2)n1. The highest BCUT2D eigenvalue weighted by molar-refractivity contribution is 7.99. The van der Waals surface area contributed by atoms with E-state index in [4.69, 9.17) is 19.2 Å². The number of nitrogens with zero attached hydrogens (tertiary/aromatic N) is 3. The van der Waals surface area contributed by atoms with Crippen molar-refractivity contribution in [3.05, 3.63) is 78.4 Å². The maximum atomic E-state index is 15.2. The van der Waals surface area contributed by atoms with Crippen molar-refractivity contribution in [1.29, 1.82) is 0 Å². The summed E-state index contributed by atoms with van der Waals surface area (Å²) in [6.07, 6.45) is 1.98. The molecule has 0 radical (unpaired) electrons. The Balaban J connectivity index is 1.54. The molecule has 0 spiro atoms. The van der Waals surface area contributed by atoms with Gasteiger partial charge in [-0.15, -0.1) is 11.8 Å². The van der Waals surface area contributed by atoms with Crippen molar-refractivity contribution in [3.63, 3.8) is 0 Å². The molecule has 236 valence electrons. The van der Waals surface area contributed by atoms with Gasteiger partial charge in [-0.05, 0) is 78.6 Å². The first-order valence-corrected chi connectivity index (χ1v) is 23.0. The summed E-state index contributed by atoms with van der Waals surface area (Å²) in [5, 5.41) is 5.07. The molecule has 0 N–H and O–H groups in total. The average Bonchev–Trinajstić information content (AvgIpc) is 3.37. The number of benzene rings is 2. The van der Waals surface area contributed by atoms with Crippen LogP contribution in [0.5, 0.6) is 0 Å². The number of halogens is 1. The standard InChI is InChI=1S/C35H48FN3O2SSi2/c1-26-11-10-12-33(37-26)34-31(24-39(38-34)25-40-20-22-43(5,6)7)28-15-18-32(36)30(23-28)27-13-16-29(17-14-27)42-21-19-41-44(8,9)35(2,3)4/h10-18,23-24H,19-22,25H2,1-9H3. The molecule has 0 aliphatic rings.